The van der Waals surface area contributed by atoms with E-state index in [0.717, 1.165) is 36.1 Å². The molecule has 0 unspecified atom stereocenters. The average molecular weight is 672 g/mol. The van der Waals surface area contributed by atoms with Crippen molar-refractivity contribution in [2.45, 2.75) is 68.7 Å². The summed E-state index contributed by atoms with van der Waals surface area (Å²) in [6, 6.07) is 19.7. The number of aromatic nitrogens is 2. The van der Waals surface area contributed by atoms with Gasteiger partial charge in [-0.2, -0.15) is 0 Å². The number of rotatable bonds is 13. The van der Waals surface area contributed by atoms with Gasteiger partial charge in [0.05, 0.1) is 24.8 Å². The molecule has 2 aliphatic heterocycles. The third kappa shape index (κ3) is 7.01. The lowest BCUT2D eigenvalue weighted by Crippen LogP contribution is -2.29. The monoisotopic (exact) mass is 671 g/mol. The minimum absolute atomic E-state index is 0.0130. The Balaban J connectivity index is 1.40. The fraction of sp³-hybridized carbons (Fsp3) is 0.333. The summed E-state index contributed by atoms with van der Waals surface area (Å²) in [7, 11) is 0. The smallest absolute Gasteiger partial charge is 0.301 e. The largest absolute Gasteiger partial charge is 0.507 e. The Morgan fingerprint density at radius 2 is 1.85 bits per heavy atom. The number of ether oxygens (including phenoxy) is 3. The lowest BCUT2D eigenvalue weighted by atomic mass is 9.94. The highest BCUT2D eigenvalue weighted by molar-refractivity contribution is 8.00. The van der Waals surface area contributed by atoms with E-state index in [-0.39, 0.29) is 22.6 Å². The van der Waals surface area contributed by atoms with Crippen LogP contribution in [-0.4, -0.2) is 46.3 Å². The van der Waals surface area contributed by atoms with Gasteiger partial charge < -0.3 is 19.3 Å². The molecule has 6 rings (SSSR count). The third-order valence-electron chi connectivity index (χ3n) is 8.01. The van der Waals surface area contributed by atoms with Gasteiger partial charge in [-0.1, -0.05) is 79.3 Å². The van der Waals surface area contributed by atoms with E-state index in [1.807, 2.05) is 50.2 Å². The van der Waals surface area contributed by atoms with E-state index >= 15 is 0 Å². The number of carbonyl (C=O) groups is 2. The van der Waals surface area contributed by atoms with E-state index in [1.54, 1.807) is 30.3 Å². The summed E-state index contributed by atoms with van der Waals surface area (Å²) in [6.45, 7) is 6.93. The number of anilines is 1. The highest BCUT2D eigenvalue weighted by Gasteiger charge is 2.48. The van der Waals surface area contributed by atoms with E-state index in [0.29, 0.717) is 52.4 Å². The Hall–Kier alpha value is -4.35. The summed E-state index contributed by atoms with van der Waals surface area (Å²) in [5.41, 5.74) is 3.03. The number of aliphatic hydroxyl groups excluding tert-OH is 1. The molecule has 1 saturated heterocycles. The summed E-state index contributed by atoms with van der Waals surface area (Å²) in [5, 5.41) is 20.7. The van der Waals surface area contributed by atoms with E-state index in [2.05, 4.69) is 17.1 Å². The zero-order valence-electron chi connectivity index (χ0n) is 26.6. The molecule has 1 aromatic heterocycles. The minimum atomic E-state index is -0.980. The fourth-order valence-corrected chi connectivity index (χ4v) is 7.59. The highest BCUT2D eigenvalue weighted by Crippen LogP contribution is 2.46. The molecule has 1 fully saturated rings. The molecule has 0 bridgehead atoms. The molecule has 3 aromatic carbocycles. The lowest BCUT2D eigenvalue weighted by Gasteiger charge is -2.23. The summed E-state index contributed by atoms with van der Waals surface area (Å²) >= 11 is 2.73. The van der Waals surface area contributed by atoms with Crippen LogP contribution in [0.4, 0.5) is 5.13 Å². The first-order valence-electron chi connectivity index (χ1n) is 15.9. The van der Waals surface area contributed by atoms with Crippen molar-refractivity contribution in [3.8, 4) is 17.2 Å². The van der Waals surface area contributed by atoms with Crippen molar-refractivity contribution in [2.75, 3.05) is 18.1 Å². The Labute approximate surface area is 282 Å². The minimum Gasteiger partial charge on any atom is -0.507 e. The van der Waals surface area contributed by atoms with Gasteiger partial charge in [0.15, 0.2) is 15.8 Å². The van der Waals surface area contributed by atoms with Crippen LogP contribution in [0.5, 0.6) is 17.2 Å². The second-order valence-corrected chi connectivity index (χ2v) is 13.6. The molecule has 0 spiro atoms. The summed E-state index contributed by atoms with van der Waals surface area (Å²) in [4.78, 5) is 29.0. The number of thioether (sulfide) groups is 1. The Morgan fingerprint density at radius 1 is 1.02 bits per heavy atom. The van der Waals surface area contributed by atoms with Crippen LogP contribution in [0.2, 0.25) is 0 Å². The highest BCUT2D eigenvalue weighted by atomic mass is 32.2. The molecule has 0 radical (unpaired) electrons. The van der Waals surface area contributed by atoms with Crippen LogP contribution in [0.3, 0.4) is 0 Å². The van der Waals surface area contributed by atoms with Crippen LogP contribution >= 0.6 is 23.1 Å². The van der Waals surface area contributed by atoms with Crippen LogP contribution < -0.4 is 19.1 Å². The molecule has 4 aromatic rings. The fourth-order valence-electron chi connectivity index (χ4n) is 5.76. The SMILES string of the molecule is CCCCCOc1ccc([C@H]2C(=C(O)c3ccc4c(c3)C[C@H](C)O4)C(=O)C(=O)N2c2nnc(SCc3ccccc3)s2)cc1OCC. The zero-order valence-corrected chi connectivity index (χ0v) is 28.2. The van der Waals surface area contributed by atoms with Gasteiger partial charge in [-0.25, -0.2) is 0 Å². The average Bonchev–Trinajstić information content (AvgIpc) is 3.77. The molecular weight excluding hydrogens is 635 g/mol. The maximum absolute atomic E-state index is 13.8. The Morgan fingerprint density at radius 3 is 2.64 bits per heavy atom. The van der Waals surface area contributed by atoms with Crippen molar-refractivity contribution >= 4 is 45.7 Å². The van der Waals surface area contributed by atoms with Gasteiger partial charge in [-0.15, -0.1) is 10.2 Å². The molecule has 47 heavy (non-hydrogen) atoms. The molecule has 244 valence electrons. The van der Waals surface area contributed by atoms with Gasteiger partial charge in [0.25, 0.3) is 5.78 Å². The number of aliphatic hydroxyl groups is 1. The number of Topliss-reactive ketones (excluding diaryl/α,β-unsaturated/α-hetero) is 1. The first kappa shape index (κ1) is 32.6. The third-order valence-corrected chi connectivity index (χ3v) is 10.1. The van der Waals surface area contributed by atoms with Crippen molar-refractivity contribution in [3.63, 3.8) is 0 Å². The van der Waals surface area contributed by atoms with Gasteiger partial charge in [0, 0.05) is 17.7 Å². The van der Waals surface area contributed by atoms with Crippen LogP contribution in [0.15, 0.2) is 76.6 Å². The van der Waals surface area contributed by atoms with Crippen molar-refractivity contribution in [1.82, 2.24) is 10.2 Å². The zero-order chi connectivity index (χ0) is 32.9. The number of unbranched alkanes of at least 4 members (excludes halogenated alkanes) is 2. The second-order valence-electron chi connectivity index (χ2n) is 11.4. The van der Waals surface area contributed by atoms with E-state index < -0.39 is 17.7 Å². The normalized spacial score (nSPS) is 18.3. The number of amides is 1. The van der Waals surface area contributed by atoms with Crippen LogP contribution in [-0.2, 0) is 21.8 Å². The van der Waals surface area contributed by atoms with Crippen molar-refractivity contribution in [2.24, 2.45) is 0 Å². The molecule has 9 nitrogen and oxygen atoms in total. The summed E-state index contributed by atoms with van der Waals surface area (Å²) in [6.07, 6.45) is 3.74. The molecule has 3 heterocycles. The summed E-state index contributed by atoms with van der Waals surface area (Å²) in [5.74, 6) is 0.637. The van der Waals surface area contributed by atoms with Gasteiger partial charge in [0.1, 0.15) is 17.6 Å². The molecule has 11 heteroatoms. The first-order chi connectivity index (χ1) is 22.9. The number of nitrogens with zero attached hydrogens (tertiary/aromatic N) is 3. The second kappa shape index (κ2) is 14.6. The number of ketones is 1. The molecule has 2 aliphatic rings. The van der Waals surface area contributed by atoms with Gasteiger partial charge >= 0.3 is 5.91 Å². The van der Waals surface area contributed by atoms with Crippen LogP contribution in [0.25, 0.3) is 5.76 Å². The molecule has 2 atom stereocenters. The van der Waals surface area contributed by atoms with Gasteiger partial charge in [-0.05, 0) is 67.3 Å². The first-order valence-corrected chi connectivity index (χ1v) is 17.7. The van der Waals surface area contributed by atoms with Crippen molar-refractivity contribution < 1.29 is 28.9 Å². The topological polar surface area (TPSA) is 111 Å². The quantitative estimate of drug-likeness (QED) is 0.0381. The standard InChI is InChI=1S/C36H37N3O6S2/c1-4-6-10-17-44-28-16-13-24(20-29(28)43-5-2)31-30(32(40)25-14-15-27-26(19-25)18-22(3)45-27)33(41)34(42)39(31)35-37-38-36(47-35)46-21-23-11-8-7-9-12-23/h7-9,11-16,19-20,22,31,40H,4-6,10,17-18,21H2,1-3H3/t22-,31-/m0/s1. The molecule has 1 N–H and O–H groups in total. The number of carbonyl (C=O) groups excluding carboxylic acids is 2. The van der Waals surface area contributed by atoms with Gasteiger partial charge in [-0.3, -0.25) is 14.5 Å². The number of hydrogen-bond donors (Lipinski definition) is 1. The van der Waals surface area contributed by atoms with Crippen LogP contribution in [0.1, 0.15) is 68.3 Å². The van der Waals surface area contributed by atoms with Gasteiger partial charge in [0.2, 0.25) is 5.13 Å². The number of benzene rings is 3. The predicted molar refractivity (Wildman–Crippen MR) is 184 cm³/mol. The van der Waals surface area contributed by atoms with Crippen molar-refractivity contribution in [1.29, 1.82) is 0 Å². The maximum Gasteiger partial charge on any atom is 0.301 e. The van der Waals surface area contributed by atoms with E-state index in [9.17, 15) is 14.7 Å². The molecular formula is C36H37N3O6S2. The molecule has 0 aliphatic carbocycles. The number of hydrogen-bond acceptors (Lipinski definition) is 10. The lowest BCUT2D eigenvalue weighted by molar-refractivity contribution is -0.132. The summed E-state index contributed by atoms with van der Waals surface area (Å²) < 4.78 is 18.5. The maximum atomic E-state index is 13.8. The molecule has 0 saturated carbocycles. The predicted octanol–water partition coefficient (Wildman–Crippen LogP) is 7.75. The van der Waals surface area contributed by atoms with Crippen molar-refractivity contribution in [3.05, 3.63) is 94.6 Å². The Kier molecular flexibility index (Phi) is 10.1. The molecule has 1 amide bonds. The van der Waals surface area contributed by atoms with E-state index in [1.165, 1.54) is 28.0 Å². The van der Waals surface area contributed by atoms with Crippen LogP contribution in [0, 0.1) is 0 Å². The van der Waals surface area contributed by atoms with E-state index in [4.69, 9.17) is 14.2 Å². The Bertz CT molecular complexity index is 1790. The number of fused-ring (bicyclic) bond motifs is 1.